The molecule has 1 aromatic heterocycles. The summed E-state index contributed by atoms with van der Waals surface area (Å²) in [7, 11) is 1.83. The molecule has 82 valence electrons. The van der Waals surface area contributed by atoms with E-state index in [1.165, 1.54) is 6.33 Å². The molecule has 0 amide bonds. The second-order valence-electron chi connectivity index (χ2n) is 3.18. The van der Waals surface area contributed by atoms with Crippen LogP contribution in [0.2, 0.25) is 5.02 Å². The molecule has 0 spiro atoms. The lowest BCUT2D eigenvalue weighted by atomic mass is 10.3. The molecule has 0 aliphatic rings. The summed E-state index contributed by atoms with van der Waals surface area (Å²) >= 11 is 5.90. The zero-order valence-corrected chi connectivity index (χ0v) is 9.39. The predicted octanol–water partition coefficient (Wildman–Crippen LogP) is 1.88. The first-order valence-electron chi connectivity index (χ1n) is 4.60. The smallest absolute Gasteiger partial charge is 0.234 e. The van der Waals surface area contributed by atoms with Crippen LogP contribution in [0, 0.1) is 0 Å². The summed E-state index contributed by atoms with van der Waals surface area (Å²) in [6, 6.07) is 7.40. The van der Waals surface area contributed by atoms with Gasteiger partial charge in [0.25, 0.3) is 0 Å². The zero-order valence-electron chi connectivity index (χ0n) is 8.63. The molecule has 0 aliphatic carbocycles. The number of nitrogens with zero attached hydrogens (tertiary/aromatic N) is 4. The molecule has 0 saturated carbocycles. The van der Waals surface area contributed by atoms with Crippen molar-refractivity contribution in [1.82, 2.24) is 15.0 Å². The van der Waals surface area contributed by atoms with E-state index in [9.17, 15) is 0 Å². The summed E-state index contributed by atoms with van der Waals surface area (Å²) in [5, 5.41) is 0.659. The summed E-state index contributed by atoms with van der Waals surface area (Å²) in [5.74, 6) is 0.675. The van der Waals surface area contributed by atoms with Gasteiger partial charge in [0, 0.05) is 17.8 Å². The van der Waals surface area contributed by atoms with E-state index in [1.807, 2.05) is 25.2 Å². The van der Waals surface area contributed by atoms with Gasteiger partial charge < -0.3 is 10.6 Å². The number of aromatic nitrogens is 3. The van der Waals surface area contributed by atoms with Crippen molar-refractivity contribution in [3.63, 3.8) is 0 Å². The fourth-order valence-electron chi connectivity index (χ4n) is 1.26. The van der Waals surface area contributed by atoms with Gasteiger partial charge in [0.05, 0.1) is 0 Å². The van der Waals surface area contributed by atoms with E-state index >= 15 is 0 Å². The number of anilines is 3. The molecule has 0 aliphatic heterocycles. The van der Waals surface area contributed by atoms with Gasteiger partial charge in [0.2, 0.25) is 11.9 Å². The number of nitrogen functional groups attached to an aromatic ring is 1. The van der Waals surface area contributed by atoms with Gasteiger partial charge >= 0.3 is 0 Å². The molecule has 6 heteroatoms. The average molecular weight is 236 g/mol. The van der Waals surface area contributed by atoms with E-state index in [4.69, 9.17) is 17.3 Å². The van der Waals surface area contributed by atoms with Gasteiger partial charge in [-0.1, -0.05) is 17.7 Å². The Morgan fingerprint density at radius 3 is 2.81 bits per heavy atom. The normalized spacial score (nSPS) is 10.1. The van der Waals surface area contributed by atoms with E-state index in [1.54, 1.807) is 11.0 Å². The number of nitrogens with two attached hydrogens (primary N) is 1. The standard InChI is InChI=1S/C10H10ClN5/c1-16(8-4-2-3-7(11)5-8)10-14-6-13-9(12)15-10/h2-6H,1H3,(H2,12,13,14,15). The quantitative estimate of drug-likeness (QED) is 0.861. The third-order valence-electron chi connectivity index (χ3n) is 2.07. The fourth-order valence-corrected chi connectivity index (χ4v) is 1.45. The molecule has 1 heterocycles. The van der Waals surface area contributed by atoms with Crippen molar-refractivity contribution in [2.75, 3.05) is 17.7 Å². The number of benzene rings is 1. The Morgan fingerprint density at radius 1 is 1.31 bits per heavy atom. The average Bonchev–Trinajstić information content (AvgIpc) is 2.28. The van der Waals surface area contributed by atoms with Crippen molar-refractivity contribution >= 4 is 29.2 Å². The molecule has 1 aromatic carbocycles. The zero-order chi connectivity index (χ0) is 11.5. The maximum atomic E-state index is 5.90. The van der Waals surface area contributed by atoms with Crippen LogP contribution in [0.1, 0.15) is 0 Å². The first-order chi connectivity index (χ1) is 7.66. The number of rotatable bonds is 2. The Labute approximate surface area is 97.9 Å². The first-order valence-corrected chi connectivity index (χ1v) is 4.98. The highest BCUT2D eigenvalue weighted by molar-refractivity contribution is 6.30. The van der Waals surface area contributed by atoms with E-state index in [0.29, 0.717) is 11.0 Å². The van der Waals surface area contributed by atoms with Gasteiger partial charge in [-0.3, -0.25) is 0 Å². The van der Waals surface area contributed by atoms with Crippen molar-refractivity contribution < 1.29 is 0 Å². The predicted molar refractivity (Wildman–Crippen MR) is 63.8 cm³/mol. The Kier molecular flexibility index (Phi) is 2.87. The van der Waals surface area contributed by atoms with Crippen LogP contribution in [0.4, 0.5) is 17.6 Å². The van der Waals surface area contributed by atoms with Gasteiger partial charge in [-0.05, 0) is 18.2 Å². The van der Waals surface area contributed by atoms with Crippen LogP contribution in [-0.4, -0.2) is 22.0 Å². The molecule has 2 N–H and O–H groups in total. The van der Waals surface area contributed by atoms with Gasteiger partial charge in [-0.2, -0.15) is 4.98 Å². The highest BCUT2D eigenvalue weighted by Crippen LogP contribution is 2.22. The van der Waals surface area contributed by atoms with Crippen molar-refractivity contribution in [1.29, 1.82) is 0 Å². The Balaban J connectivity index is 2.35. The maximum Gasteiger partial charge on any atom is 0.234 e. The first kappa shape index (κ1) is 10.6. The molecular formula is C10H10ClN5. The molecule has 0 atom stereocenters. The molecule has 0 bridgehead atoms. The summed E-state index contributed by atoms with van der Waals surface area (Å²) < 4.78 is 0. The lowest BCUT2D eigenvalue weighted by molar-refractivity contribution is 0.995. The van der Waals surface area contributed by atoms with Crippen molar-refractivity contribution in [3.8, 4) is 0 Å². The Hall–Kier alpha value is -1.88. The largest absolute Gasteiger partial charge is 0.368 e. The molecule has 0 saturated heterocycles. The Morgan fingerprint density at radius 2 is 2.12 bits per heavy atom. The topological polar surface area (TPSA) is 67.9 Å². The molecule has 0 radical (unpaired) electrons. The van der Waals surface area contributed by atoms with Crippen LogP contribution in [0.5, 0.6) is 0 Å². The van der Waals surface area contributed by atoms with Gasteiger partial charge in [-0.25, -0.2) is 9.97 Å². The molecule has 5 nitrogen and oxygen atoms in total. The summed E-state index contributed by atoms with van der Waals surface area (Å²) in [4.78, 5) is 13.6. The molecule has 0 unspecified atom stereocenters. The van der Waals surface area contributed by atoms with Crippen LogP contribution in [0.25, 0.3) is 0 Å². The minimum Gasteiger partial charge on any atom is -0.368 e. The van der Waals surface area contributed by atoms with Gasteiger partial charge in [0.1, 0.15) is 6.33 Å². The van der Waals surface area contributed by atoms with E-state index in [0.717, 1.165) is 5.69 Å². The summed E-state index contributed by atoms with van der Waals surface area (Å²) in [6.45, 7) is 0. The van der Waals surface area contributed by atoms with Crippen LogP contribution >= 0.6 is 11.6 Å². The summed E-state index contributed by atoms with van der Waals surface area (Å²) in [6.07, 6.45) is 1.37. The number of hydrogen-bond donors (Lipinski definition) is 1. The third-order valence-corrected chi connectivity index (χ3v) is 2.31. The molecular weight excluding hydrogens is 226 g/mol. The Bertz CT molecular complexity index is 457. The highest BCUT2D eigenvalue weighted by Gasteiger charge is 2.07. The summed E-state index contributed by atoms with van der Waals surface area (Å²) in [5.41, 5.74) is 6.38. The van der Waals surface area contributed by atoms with Crippen LogP contribution in [-0.2, 0) is 0 Å². The number of hydrogen-bond acceptors (Lipinski definition) is 5. The molecule has 2 aromatic rings. The SMILES string of the molecule is CN(c1cccc(Cl)c1)c1ncnc(N)n1. The second-order valence-corrected chi connectivity index (χ2v) is 3.62. The third kappa shape index (κ3) is 2.20. The van der Waals surface area contributed by atoms with E-state index in [-0.39, 0.29) is 5.95 Å². The fraction of sp³-hybridized carbons (Fsp3) is 0.100. The van der Waals surface area contributed by atoms with Crippen LogP contribution in [0.15, 0.2) is 30.6 Å². The number of halogens is 1. The van der Waals surface area contributed by atoms with Gasteiger partial charge in [0.15, 0.2) is 0 Å². The van der Waals surface area contributed by atoms with Crippen molar-refractivity contribution in [2.24, 2.45) is 0 Å². The molecule has 16 heavy (non-hydrogen) atoms. The monoisotopic (exact) mass is 235 g/mol. The lowest BCUT2D eigenvalue weighted by Gasteiger charge is -2.16. The molecule has 0 fully saturated rings. The highest BCUT2D eigenvalue weighted by atomic mass is 35.5. The van der Waals surface area contributed by atoms with Gasteiger partial charge in [-0.15, -0.1) is 0 Å². The maximum absolute atomic E-state index is 5.90. The van der Waals surface area contributed by atoms with E-state index < -0.39 is 0 Å². The lowest BCUT2D eigenvalue weighted by Crippen LogP contribution is -2.14. The van der Waals surface area contributed by atoms with E-state index in [2.05, 4.69) is 15.0 Å². The second kappa shape index (κ2) is 4.32. The van der Waals surface area contributed by atoms with Crippen LogP contribution < -0.4 is 10.6 Å². The molecule has 2 rings (SSSR count). The van der Waals surface area contributed by atoms with Crippen LogP contribution in [0.3, 0.4) is 0 Å². The van der Waals surface area contributed by atoms with Crippen molar-refractivity contribution in [3.05, 3.63) is 35.6 Å². The minimum absolute atomic E-state index is 0.193. The van der Waals surface area contributed by atoms with Crippen molar-refractivity contribution in [2.45, 2.75) is 0 Å². The minimum atomic E-state index is 0.193.